The molecule has 0 aliphatic rings. The van der Waals surface area contributed by atoms with Crippen molar-refractivity contribution in [2.24, 2.45) is 5.73 Å². The van der Waals surface area contributed by atoms with Crippen molar-refractivity contribution >= 4 is 11.9 Å². The SMILES string of the molecule is CN(C)c1nc(N)nc(C(N)Cn2ccnc2)n1. The predicted octanol–water partition coefficient (Wildman–Crippen LogP) is -0.584. The first-order valence-electron chi connectivity index (χ1n) is 5.46. The second-order valence-corrected chi connectivity index (χ2v) is 4.11. The molecule has 4 N–H and O–H groups in total. The van der Waals surface area contributed by atoms with Gasteiger partial charge >= 0.3 is 0 Å². The quantitative estimate of drug-likeness (QED) is 0.744. The number of nitrogens with two attached hydrogens (primary N) is 2. The largest absolute Gasteiger partial charge is 0.368 e. The van der Waals surface area contributed by atoms with Crippen LogP contribution in [0.2, 0.25) is 0 Å². The van der Waals surface area contributed by atoms with Gasteiger partial charge in [0.1, 0.15) is 0 Å². The van der Waals surface area contributed by atoms with Crippen LogP contribution in [0, 0.1) is 0 Å². The van der Waals surface area contributed by atoms with Crippen LogP contribution in [-0.4, -0.2) is 38.6 Å². The lowest BCUT2D eigenvalue weighted by Crippen LogP contribution is -2.23. The van der Waals surface area contributed by atoms with Gasteiger partial charge in [0.05, 0.1) is 12.4 Å². The Morgan fingerprint density at radius 3 is 2.72 bits per heavy atom. The average Bonchev–Trinajstić information content (AvgIpc) is 2.80. The van der Waals surface area contributed by atoms with Gasteiger partial charge in [-0.05, 0) is 0 Å². The van der Waals surface area contributed by atoms with Gasteiger partial charge in [0.15, 0.2) is 5.82 Å². The number of rotatable bonds is 4. The molecule has 8 nitrogen and oxygen atoms in total. The Morgan fingerprint density at radius 1 is 1.33 bits per heavy atom. The minimum atomic E-state index is -0.358. The summed E-state index contributed by atoms with van der Waals surface area (Å²) in [4.78, 5) is 18.1. The van der Waals surface area contributed by atoms with Crippen molar-refractivity contribution in [3.63, 3.8) is 0 Å². The van der Waals surface area contributed by atoms with E-state index in [0.717, 1.165) is 0 Å². The van der Waals surface area contributed by atoms with Gasteiger partial charge in [-0.3, -0.25) is 0 Å². The van der Waals surface area contributed by atoms with Crippen LogP contribution < -0.4 is 16.4 Å². The zero-order valence-corrected chi connectivity index (χ0v) is 10.4. The van der Waals surface area contributed by atoms with Crippen LogP contribution >= 0.6 is 0 Å². The van der Waals surface area contributed by atoms with Gasteiger partial charge in [0.2, 0.25) is 11.9 Å². The third-order valence-corrected chi connectivity index (χ3v) is 2.36. The molecule has 0 aliphatic heterocycles. The smallest absolute Gasteiger partial charge is 0.229 e. The third kappa shape index (κ3) is 2.72. The van der Waals surface area contributed by atoms with E-state index in [9.17, 15) is 0 Å². The van der Waals surface area contributed by atoms with Crippen molar-refractivity contribution in [3.05, 3.63) is 24.5 Å². The molecule has 18 heavy (non-hydrogen) atoms. The van der Waals surface area contributed by atoms with Crippen LogP contribution in [0.25, 0.3) is 0 Å². The summed E-state index contributed by atoms with van der Waals surface area (Å²) in [6, 6.07) is -0.358. The average molecular weight is 248 g/mol. The summed E-state index contributed by atoms with van der Waals surface area (Å²) in [5.41, 5.74) is 11.7. The highest BCUT2D eigenvalue weighted by atomic mass is 15.3. The van der Waals surface area contributed by atoms with Crippen molar-refractivity contribution in [2.45, 2.75) is 12.6 Å². The van der Waals surface area contributed by atoms with Crippen LogP contribution in [0.15, 0.2) is 18.7 Å². The maximum atomic E-state index is 6.05. The molecule has 2 aromatic rings. The van der Waals surface area contributed by atoms with Crippen molar-refractivity contribution < 1.29 is 0 Å². The summed E-state index contributed by atoms with van der Waals surface area (Å²) in [6.07, 6.45) is 5.22. The number of aromatic nitrogens is 5. The Labute approximate surface area is 105 Å². The molecule has 0 radical (unpaired) electrons. The lowest BCUT2D eigenvalue weighted by atomic mass is 10.3. The minimum Gasteiger partial charge on any atom is -0.368 e. The van der Waals surface area contributed by atoms with Gasteiger partial charge in [-0.2, -0.15) is 15.0 Å². The standard InChI is InChI=1S/C10H16N8/c1-17(2)10-15-8(14-9(12)16-10)7(11)5-18-4-3-13-6-18/h3-4,6-7H,5,11H2,1-2H3,(H2,12,14,15,16). The number of nitrogens with zero attached hydrogens (tertiary/aromatic N) is 6. The van der Waals surface area contributed by atoms with E-state index in [4.69, 9.17) is 11.5 Å². The summed E-state index contributed by atoms with van der Waals surface area (Å²) in [5, 5.41) is 0. The number of anilines is 2. The van der Waals surface area contributed by atoms with Crippen LogP contribution in [0.5, 0.6) is 0 Å². The minimum absolute atomic E-state index is 0.171. The second-order valence-electron chi connectivity index (χ2n) is 4.11. The first-order valence-corrected chi connectivity index (χ1v) is 5.46. The maximum absolute atomic E-state index is 6.05. The van der Waals surface area contributed by atoms with Crippen LogP contribution in [0.1, 0.15) is 11.9 Å². The third-order valence-electron chi connectivity index (χ3n) is 2.36. The molecular formula is C10H16N8. The summed E-state index contributed by atoms with van der Waals surface area (Å²) < 4.78 is 1.86. The van der Waals surface area contributed by atoms with E-state index in [1.54, 1.807) is 17.4 Å². The van der Waals surface area contributed by atoms with Gasteiger partial charge < -0.3 is 20.9 Å². The Hall–Kier alpha value is -2.22. The lowest BCUT2D eigenvalue weighted by Gasteiger charge is -2.15. The highest BCUT2D eigenvalue weighted by Gasteiger charge is 2.13. The molecule has 2 heterocycles. The second kappa shape index (κ2) is 4.96. The Balaban J connectivity index is 2.21. The molecule has 0 bridgehead atoms. The van der Waals surface area contributed by atoms with Gasteiger partial charge in [0, 0.05) is 33.0 Å². The van der Waals surface area contributed by atoms with E-state index in [-0.39, 0.29) is 12.0 Å². The summed E-state index contributed by atoms with van der Waals surface area (Å²) in [6.45, 7) is 0.538. The van der Waals surface area contributed by atoms with Gasteiger partial charge in [-0.25, -0.2) is 4.98 Å². The number of hydrogen-bond acceptors (Lipinski definition) is 7. The van der Waals surface area contributed by atoms with E-state index in [0.29, 0.717) is 18.3 Å². The first-order chi connectivity index (χ1) is 8.56. The fourth-order valence-electron chi connectivity index (χ4n) is 1.47. The summed E-state index contributed by atoms with van der Waals surface area (Å²) >= 11 is 0. The zero-order valence-electron chi connectivity index (χ0n) is 10.4. The molecule has 0 fully saturated rings. The van der Waals surface area contributed by atoms with E-state index in [1.807, 2.05) is 24.9 Å². The molecule has 8 heteroatoms. The normalized spacial score (nSPS) is 12.4. The van der Waals surface area contributed by atoms with Crippen LogP contribution in [-0.2, 0) is 6.54 Å². The molecule has 1 atom stereocenters. The molecule has 2 rings (SSSR count). The van der Waals surface area contributed by atoms with Crippen molar-refractivity contribution in [2.75, 3.05) is 24.7 Å². The van der Waals surface area contributed by atoms with E-state index >= 15 is 0 Å². The predicted molar refractivity (Wildman–Crippen MR) is 67.7 cm³/mol. The van der Waals surface area contributed by atoms with Gasteiger partial charge in [-0.1, -0.05) is 0 Å². The highest BCUT2D eigenvalue weighted by Crippen LogP contribution is 2.12. The summed E-state index contributed by atoms with van der Waals surface area (Å²) in [7, 11) is 3.67. The van der Waals surface area contributed by atoms with Crippen molar-refractivity contribution in [1.29, 1.82) is 0 Å². The molecule has 0 amide bonds. The lowest BCUT2D eigenvalue weighted by molar-refractivity contribution is 0.548. The highest BCUT2D eigenvalue weighted by molar-refractivity contribution is 5.33. The Kier molecular flexibility index (Phi) is 3.38. The maximum Gasteiger partial charge on any atom is 0.229 e. The molecule has 96 valence electrons. The number of imidazole rings is 1. The van der Waals surface area contributed by atoms with Crippen molar-refractivity contribution in [3.8, 4) is 0 Å². The van der Waals surface area contributed by atoms with Crippen LogP contribution in [0.3, 0.4) is 0 Å². The number of nitrogen functional groups attached to an aromatic ring is 1. The fraction of sp³-hybridized carbons (Fsp3) is 0.400. The molecule has 0 spiro atoms. The Bertz CT molecular complexity index is 507. The molecule has 0 aliphatic carbocycles. The molecular weight excluding hydrogens is 232 g/mol. The Morgan fingerprint density at radius 2 is 2.11 bits per heavy atom. The summed E-state index contributed by atoms with van der Waals surface area (Å²) in [5.74, 6) is 1.14. The number of hydrogen-bond donors (Lipinski definition) is 2. The molecule has 0 saturated carbocycles. The molecule has 2 aromatic heterocycles. The van der Waals surface area contributed by atoms with Crippen LogP contribution in [0.4, 0.5) is 11.9 Å². The molecule has 0 aromatic carbocycles. The molecule has 1 unspecified atom stereocenters. The van der Waals surface area contributed by atoms with E-state index in [2.05, 4.69) is 19.9 Å². The van der Waals surface area contributed by atoms with Gasteiger partial charge in [-0.15, -0.1) is 0 Å². The topological polar surface area (TPSA) is 112 Å². The zero-order chi connectivity index (χ0) is 13.1. The fourth-order valence-corrected chi connectivity index (χ4v) is 1.47. The van der Waals surface area contributed by atoms with Gasteiger partial charge in [0.25, 0.3) is 0 Å². The first kappa shape index (κ1) is 12.2. The van der Waals surface area contributed by atoms with E-state index in [1.165, 1.54) is 0 Å². The monoisotopic (exact) mass is 248 g/mol. The van der Waals surface area contributed by atoms with E-state index < -0.39 is 0 Å². The van der Waals surface area contributed by atoms with Crippen molar-refractivity contribution in [1.82, 2.24) is 24.5 Å². The molecule has 0 saturated heterocycles.